The third-order valence-corrected chi connectivity index (χ3v) is 13.8. The van der Waals surface area contributed by atoms with Crippen LogP contribution < -0.4 is 0 Å². The van der Waals surface area contributed by atoms with Crippen LogP contribution in [0.1, 0.15) is 0 Å². The SMILES string of the molecule is OC[C@H]1O[C@@H](O[C@H]2[C@@H](OC[C@H]3O[C@@H](O[C@H]4[C@H](O)[C@@H](O)[C@H](O[C@H]5[C@H](O)[C@@H](O)[C@H](O[C@H]6[C@H](O)[C@@H](O)[C@H](O)O[C@@H]6CO)O[C@@H]5CO)O[C@@H]4CO[C@H]4O[C@H](CO)[C@H](O)[C@H]4O)[C@H](O)[C@@H](O)[C@@H]3O)O[C@H](CO)[C@@H]2O)[C@H](O)[C@@H](O)[C@H]1O. The topological polar surface area (TPSA) is 545 Å². The zero-order valence-corrected chi connectivity index (χ0v) is 38.7. The number of aliphatic hydroxyl groups excluding tert-OH is 21. The molecule has 0 saturated carbocycles. The summed E-state index contributed by atoms with van der Waals surface area (Å²) in [6.45, 7) is -6.07. The van der Waals surface area contributed by atoms with E-state index in [1.54, 1.807) is 0 Å². The third kappa shape index (κ3) is 12.3. The highest BCUT2D eigenvalue weighted by Gasteiger charge is 2.57. The van der Waals surface area contributed by atoms with Gasteiger partial charge in [0.25, 0.3) is 0 Å². The molecule has 0 spiro atoms. The van der Waals surface area contributed by atoms with Crippen LogP contribution in [0.4, 0.5) is 0 Å². The van der Waals surface area contributed by atoms with Gasteiger partial charge in [-0.25, -0.2) is 0 Å². The fourth-order valence-corrected chi connectivity index (χ4v) is 9.37. The van der Waals surface area contributed by atoms with E-state index in [2.05, 4.69) is 0 Å². The van der Waals surface area contributed by atoms with Crippen LogP contribution >= 0.6 is 0 Å². The lowest BCUT2D eigenvalue weighted by molar-refractivity contribution is -0.390. The van der Waals surface area contributed by atoms with E-state index in [4.69, 9.17) is 61.6 Å². The highest BCUT2D eigenvalue weighted by Crippen LogP contribution is 2.36. The lowest BCUT2D eigenvalue weighted by Gasteiger charge is -2.49. The highest BCUT2D eigenvalue weighted by atomic mass is 16.8. The molecule has 0 unspecified atom stereocenters. The molecule has 34 nitrogen and oxygen atoms in total. The maximum Gasteiger partial charge on any atom is 0.187 e. The molecule has 7 fully saturated rings. The molecule has 7 saturated heterocycles. The van der Waals surface area contributed by atoms with Gasteiger partial charge in [0.15, 0.2) is 44.0 Å². The zero-order chi connectivity index (χ0) is 54.2. The van der Waals surface area contributed by atoms with Crippen LogP contribution in [-0.2, 0) is 61.6 Å². The lowest BCUT2D eigenvalue weighted by atomic mass is 9.95. The predicted molar refractivity (Wildman–Crippen MR) is 220 cm³/mol. The zero-order valence-electron chi connectivity index (χ0n) is 38.7. The second-order valence-corrected chi connectivity index (χ2v) is 18.7. The van der Waals surface area contributed by atoms with Gasteiger partial charge in [-0.2, -0.15) is 0 Å². The van der Waals surface area contributed by atoms with Crippen LogP contribution in [0.5, 0.6) is 0 Å². The average Bonchev–Trinajstić information content (AvgIpc) is 3.85. The Balaban J connectivity index is 1.06. The molecule has 0 bridgehead atoms. The normalized spacial score (nSPS) is 53.4. The van der Waals surface area contributed by atoms with E-state index >= 15 is 0 Å². The minimum absolute atomic E-state index is 0.778. The lowest BCUT2D eigenvalue weighted by Crippen LogP contribution is -2.67. The maximum absolute atomic E-state index is 11.6. The van der Waals surface area contributed by atoms with Gasteiger partial charge in [-0.15, -0.1) is 0 Å². The van der Waals surface area contributed by atoms with Gasteiger partial charge in [-0.05, 0) is 0 Å². The van der Waals surface area contributed by atoms with Crippen LogP contribution in [-0.4, -0.2) is 356 Å². The van der Waals surface area contributed by atoms with Crippen molar-refractivity contribution in [1.29, 1.82) is 0 Å². The summed E-state index contributed by atoms with van der Waals surface area (Å²) >= 11 is 0. The van der Waals surface area contributed by atoms with Crippen molar-refractivity contribution in [3.8, 4) is 0 Å². The Kier molecular flexibility index (Phi) is 21.0. The van der Waals surface area contributed by atoms with Gasteiger partial charge in [0.05, 0.1) is 46.2 Å². The van der Waals surface area contributed by atoms with Gasteiger partial charge in [0, 0.05) is 0 Å². The molecule has 34 heteroatoms. The Morgan fingerprint density at radius 3 is 1.03 bits per heavy atom. The van der Waals surface area contributed by atoms with E-state index in [1.165, 1.54) is 0 Å². The van der Waals surface area contributed by atoms with Crippen molar-refractivity contribution < 1.29 is 169 Å². The van der Waals surface area contributed by atoms with Crippen molar-refractivity contribution in [2.75, 3.05) is 46.2 Å². The molecule has 0 radical (unpaired) electrons. The van der Waals surface area contributed by atoms with Gasteiger partial charge < -0.3 is 169 Å². The first kappa shape index (κ1) is 60.3. The van der Waals surface area contributed by atoms with E-state index in [1.807, 2.05) is 0 Å². The number of rotatable bonds is 19. The quantitative estimate of drug-likeness (QED) is 0.0571. The molecule has 7 aliphatic rings. The van der Waals surface area contributed by atoms with E-state index < -0.39 is 249 Å². The van der Waals surface area contributed by atoms with Crippen molar-refractivity contribution in [3.63, 3.8) is 0 Å². The molecule has 0 aromatic heterocycles. The maximum atomic E-state index is 11.6. The number of aliphatic hydroxyl groups is 21. The van der Waals surface area contributed by atoms with Crippen LogP contribution in [0.25, 0.3) is 0 Å². The van der Waals surface area contributed by atoms with Gasteiger partial charge in [0.1, 0.15) is 159 Å². The second-order valence-electron chi connectivity index (χ2n) is 18.7. The fraction of sp³-hybridized carbons (Fsp3) is 1.00. The van der Waals surface area contributed by atoms with Gasteiger partial charge in [0.2, 0.25) is 0 Å². The van der Waals surface area contributed by atoms with Crippen molar-refractivity contribution in [3.05, 3.63) is 0 Å². The van der Waals surface area contributed by atoms with Crippen molar-refractivity contribution in [2.45, 2.75) is 203 Å². The fourth-order valence-electron chi connectivity index (χ4n) is 9.37. The summed E-state index contributed by atoms with van der Waals surface area (Å²) in [5.41, 5.74) is 0. The Bertz CT molecular complexity index is 1710. The van der Waals surface area contributed by atoms with E-state index in [0.717, 1.165) is 0 Å². The van der Waals surface area contributed by atoms with Crippen LogP contribution in [0, 0.1) is 0 Å². The first-order valence-electron chi connectivity index (χ1n) is 23.5. The summed E-state index contributed by atoms with van der Waals surface area (Å²) in [6, 6.07) is 0. The molecule has 0 aromatic carbocycles. The predicted octanol–water partition coefficient (Wildman–Crippen LogP) is -15.0. The smallest absolute Gasteiger partial charge is 0.187 e. The Hall–Kier alpha value is -1.36. The summed E-state index contributed by atoms with van der Waals surface area (Å²) in [7, 11) is 0. The summed E-state index contributed by atoms with van der Waals surface area (Å²) in [4.78, 5) is 0. The number of ether oxygens (including phenoxy) is 13. The van der Waals surface area contributed by atoms with Crippen LogP contribution in [0.2, 0.25) is 0 Å². The Labute approximate surface area is 417 Å². The summed E-state index contributed by atoms with van der Waals surface area (Å²) in [5, 5.41) is 221. The van der Waals surface area contributed by atoms with E-state index in [-0.39, 0.29) is 0 Å². The molecule has 432 valence electrons. The average molecular weight is 1090 g/mol. The molecule has 0 aliphatic carbocycles. The largest absolute Gasteiger partial charge is 0.394 e. The van der Waals surface area contributed by atoms with E-state index in [0.29, 0.717) is 0 Å². The van der Waals surface area contributed by atoms with E-state index in [9.17, 15) is 107 Å². The number of hydrogen-bond acceptors (Lipinski definition) is 34. The van der Waals surface area contributed by atoms with Crippen molar-refractivity contribution >= 4 is 0 Å². The second kappa shape index (κ2) is 25.8. The molecule has 7 rings (SSSR count). The first-order chi connectivity index (χ1) is 35.1. The van der Waals surface area contributed by atoms with Crippen molar-refractivity contribution in [2.24, 2.45) is 0 Å². The molecule has 7 heterocycles. The molecule has 0 amide bonds. The standard InChI is InChI=1S/C40H68O34/c41-1-8-15(46)19(50)26(57)36(66-8)74-33-18(49)10(3-43)67-40(33)63-6-13-17(48)20(51)27(58)37(69-13)73-32-14(7-62-35-25(56)16(47)9(2-42)65-35)70-39(29(60)23(32)54)72-31-12(5-45)68-38(28(59)22(31)53)71-30-11(4-44)64-34(61)24(55)21(30)52/h8-61H,1-7H2/t8-,9-,10-,11-,12-,13-,14-,15+,16+,17-,18+,19+,20+,21-,22-,23-,24-,25-,26-,27-,28-,29-,30-,31-,32-,33-,34-,35+,36+,37+,38+,39+,40+/m1/s1. The van der Waals surface area contributed by atoms with Gasteiger partial charge in [-0.1, -0.05) is 0 Å². The Morgan fingerprint density at radius 2 is 0.527 bits per heavy atom. The third-order valence-electron chi connectivity index (χ3n) is 13.8. The first-order valence-corrected chi connectivity index (χ1v) is 23.5. The molecule has 7 aliphatic heterocycles. The highest BCUT2D eigenvalue weighted by molar-refractivity contribution is 4.99. The molecule has 33 atom stereocenters. The minimum atomic E-state index is -2.27. The molecule has 0 aromatic rings. The molecule has 74 heavy (non-hydrogen) atoms. The van der Waals surface area contributed by atoms with Crippen LogP contribution in [0.3, 0.4) is 0 Å². The van der Waals surface area contributed by atoms with Crippen LogP contribution in [0.15, 0.2) is 0 Å². The van der Waals surface area contributed by atoms with Gasteiger partial charge in [-0.3, -0.25) is 0 Å². The summed E-state index contributed by atoms with van der Waals surface area (Å²) in [6.07, 6.45) is -61.5. The Morgan fingerprint density at radius 1 is 0.230 bits per heavy atom. The molecular formula is C40H68O34. The molecular weight excluding hydrogens is 1020 g/mol. The van der Waals surface area contributed by atoms with Crippen molar-refractivity contribution in [1.82, 2.24) is 0 Å². The monoisotopic (exact) mass is 1090 g/mol. The van der Waals surface area contributed by atoms with Gasteiger partial charge >= 0.3 is 0 Å². The minimum Gasteiger partial charge on any atom is -0.394 e. The summed E-state index contributed by atoms with van der Waals surface area (Å²) < 4.78 is 72.7. The summed E-state index contributed by atoms with van der Waals surface area (Å²) in [5.74, 6) is 0. The number of hydrogen-bond donors (Lipinski definition) is 21. The molecule has 21 N–H and O–H groups in total.